The summed E-state index contributed by atoms with van der Waals surface area (Å²) in [7, 11) is 0. The molecule has 7 nitrogen and oxygen atoms in total. The van der Waals surface area contributed by atoms with Crippen LogP contribution in [-0.2, 0) is 17.8 Å². The molecule has 4 rings (SSSR count). The molecule has 2 aliphatic rings. The van der Waals surface area contributed by atoms with E-state index in [1.807, 2.05) is 6.20 Å². The topological polar surface area (TPSA) is 87.6 Å². The summed E-state index contributed by atoms with van der Waals surface area (Å²) < 4.78 is 2.08. The Morgan fingerprint density at radius 2 is 2.35 bits per heavy atom. The summed E-state index contributed by atoms with van der Waals surface area (Å²) in [6.07, 6.45) is 7.87. The molecule has 3 N–H and O–H groups in total. The Labute approximate surface area is 134 Å². The molecule has 0 radical (unpaired) electrons. The van der Waals surface area contributed by atoms with Gasteiger partial charge in [0, 0.05) is 49.6 Å². The minimum Gasteiger partial charge on any atom is -0.354 e. The maximum absolute atomic E-state index is 12.4. The summed E-state index contributed by atoms with van der Waals surface area (Å²) in [5, 5.41) is 10.6. The Bertz CT molecular complexity index is 686. The molecular formula is C16H22N6O. The molecule has 0 aromatic carbocycles. The van der Waals surface area contributed by atoms with Crippen molar-refractivity contribution in [2.24, 2.45) is 0 Å². The quantitative estimate of drug-likeness (QED) is 0.691. The smallest absolute Gasteiger partial charge is 0.243 e. The lowest BCUT2D eigenvalue weighted by Gasteiger charge is -2.22. The van der Waals surface area contributed by atoms with Gasteiger partial charge in [-0.25, -0.2) is 4.98 Å². The predicted octanol–water partition coefficient (Wildman–Crippen LogP) is 0.877. The summed E-state index contributed by atoms with van der Waals surface area (Å²) in [6, 6.07) is 1.78. The van der Waals surface area contributed by atoms with Crippen molar-refractivity contribution in [2.75, 3.05) is 13.1 Å². The zero-order chi connectivity index (χ0) is 15.6. The van der Waals surface area contributed by atoms with Crippen LogP contribution in [0.4, 0.5) is 0 Å². The second kappa shape index (κ2) is 6.16. The van der Waals surface area contributed by atoms with Gasteiger partial charge in [0.15, 0.2) is 0 Å². The van der Waals surface area contributed by atoms with E-state index in [9.17, 15) is 4.79 Å². The van der Waals surface area contributed by atoms with Gasteiger partial charge in [0.05, 0.1) is 12.0 Å². The van der Waals surface area contributed by atoms with Crippen molar-refractivity contribution in [3.05, 3.63) is 35.7 Å². The molecule has 1 amide bonds. The van der Waals surface area contributed by atoms with Gasteiger partial charge in [0.1, 0.15) is 6.04 Å². The summed E-state index contributed by atoms with van der Waals surface area (Å²) in [5.74, 6) is 0.706. The highest BCUT2D eigenvalue weighted by Crippen LogP contribution is 2.39. The first-order valence-corrected chi connectivity index (χ1v) is 8.38. The van der Waals surface area contributed by atoms with Crippen LogP contribution in [0.1, 0.15) is 48.3 Å². The summed E-state index contributed by atoms with van der Waals surface area (Å²) in [6.45, 7) is 2.30. The van der Waals surface area contributed by atoms with Crippen molar-refractivity contribution in [1.29, 1.82) is 0 Å². The Kier molecular flexibility index (Phi) is 3.87. The maximum Gasteiger partial charge on any atom is 0.243 e. The fraction of sp³-hybridized carbons (Fsp3) is 0.562. The summed E-state index contributed by atoms with van der Waals surface area (Å²) in [4.78, 5) is 19.7. The lowest BCUT2D eigenvalue weighted by atomic mass is 10.1. The first-order chi connectivity index (χ1) is 11.3. The fourth-order valence-electron chi connectivity index (χ4n) is 3.23. The van der Waals surface area contributed by atoms with Crippen molar-refractivity contribution < 1.29 is 4.79 Å². The van der Waals surface area contributed by atoms with Crippen LogP contribution >= 0.6 is 0 Å². The third kappa shape index (κ3) is 3.01. The number of rotatable bonds is 6. The second-order valence-corrected chi connectivity index (χ2v) is 6.30. The second-order valence-electron chi connectivity index (χ2n) is 6.30. The Hall–Kier alpha value is -2.15. The van der Waals surface area contributed by atoms with Crippen LogP contribution in [0.25, 0.3) is 0 Å². The van der Waals surface area contributed by atoms with Crippen LogP contribution in [0.3, 0.4) is 0 Å². The van der Waals surface area contributed by atoms with Gasteiger partial charge in [0.25, 0.3) is 0 Å². The zero-order valence-electron chi connectivity index (χ0n) is 13.1. The number of aryl methyl sites for hydroxylation is 1. The van der Waals surface area contributed by atoms with E-state index in [2.05, 4.69) is 36.4 Å². The minimum atomic E-state index is -0.336. The van der Waals surface area contributed by atoms with E-state index in [0.717, 1.165) is 37.3 Å². The van der Waals surface area contributed by atoms with Gasteiger partial charge in [-0.05, 0) is 25.3 Å². The van der Waals surface area contributed by atoms with Gasteiger partial charge >= 0.3 is 0 Å². The van der Waals surface area contributed by atoms with Crippen LogP contribution in [0.5, 0.6) is 0 Å². The van der Waals surface area contributed by atoms with Crippen LogP contribution in [0.2, 0.25) is 0 Å². The average Bonchev–Trinajstić information content (AvgIpc) is 3.11. The van der Waals surface area contributed by atoms with Gasteiger partial charge < -0.3 is 15.6 Å². The number of carbonyl (C=O) groups is 1. The van der Waals surface area contributed by atoms with Gasteiger partial charge in [-0.15, -0.1) is 0 Å². The van der Waals surface area contributed by atoms with Crippen LogP contribution in [0.15, 0.2) is 18.6 Å². The van der Waals surface area contributed by atoms with E-state index in [4.69, 9.17) is 0 Å². The Morgan fingerprint density at radius 1 is 1.43 bits per heavy atom. The largest absolute Gasteiger partial charge is 0.354 e. The first kappa shape index (κ1) is 14.4. The number of aromatic amines is 1. The molecular weight excluding hydrogens is 292 g/mol. The number of hydrogen-bond donors (Lipinski definition) is 3. The number of fused-ring (bicyclic) bond motifs is 1. The van der Waals surface area contributed by atoms with E-state index in [1.165, 1.54) is 18.5 Å². The molecule has 23 heavy (non-hydrogen) atoms. The maximum atomic E-state index is 12.4. The Balaban J connectivity index is 1.27. The van der Waals surface area contributed by atoms with E-state index < -0.39 is 0 Å². The highest BCUT2D eigenvalue weighted by atomic mass is 16.2. The highest BCUT2D eigenvalue weighted by Gasteiger charge is 2.28. The number of H-pyrrole nitrogens is 1. The van der Waals surface area contributed by atoms with E-state index >= 15 is 0 Å². The molecule has 1 aliphatic carbocycles. The highest BCUT2D eigenvalue weighted by molar-refractivity contribution is 5.83. The van der Waals surface area contributed by atoms with Crippen molar-refractivity contribution in [3.63, 3.8) is 0 Å². The van der Waals surface area contributed by atoms with Crippen LogP contribution in [0, 0.1) is 0 Å². The number of nitrogens with zero attached hydrogens (tertiary/aromatic N) is 3. The van der Waals surface area contributed by atoms with E-state index in [0.29, 0.717) is 12.5 Å². The Morgan fingerprint density at radius 3 is 3.22 bits per heavy atom. The van der Waals surface area contributed by atoms with E-state index in [1.54, 1.807) is 6.33 Å². The number of hydrogen-bond acceptors (Lipinski definition) is 4. The average molecular weight is 314 g/mol. The van der Waals surface area contributed by atoms with E-state index in [-0.39, 0.29) is 11.9 Å². The molecule has 1 aliphatic heterocycles. The SMILES string of the molecule is O=C(NCCCn1nccc1C1CC1)[C@@H]1NCCc2[nH]cnc21. The molecule has 122 valence electrons. The lowest BCUT2D eigenvalue weighted by Crippen LogP contribution is -2.42. The van der Waals surface area contributed by atoms with Crippen LogP contribution in [-0.4, -0.2) is 38.7 Å². The van der Waals surface area contributed by atoms with Crippen molar-refractivity contribution >= 4 is 5.91 Å². The molecule has 3 heterocycles. The summed E-state index contributed by atoms with van der Waals surface area (Å²) in [5.41, 5.74) is 3.23. The molecule has 0 bridgehead atoms. The molecule has 2 aromatic rings. The fourth-order valence-corrected chi connectivity index (χ4v) is 3.23. The monoisotopic (exact) mass is 314 g/mol. The van der Waals surface area contributed by atoms with Gasteiger partial charge in [0.2, 0.25) is 5.91 Å². The standard InChI is InChI=1S/C16H22N6O/c23-16(15-14-12(4-7-17-15)19-10-20-14)18-6-1-9-22-13(5-8-21-22)11-2-3-11/h5,8,10-11,15,17H,1-4,6-7,9H2,(H,18,23)(H,19,20)/t15-/m1/s1. The molecule has 0 unspecified atom stereocenters. The molecule has 0 spiro atoms. The third-order valence-electron chi connectivity index (χ3n) is 4.60. The van der Waals surface area contributed by atoms with Gasteiger partial charge in [-0.1, -0.05) is 0 Å². The number of carbonyl (C=O) groups excluding carboxylic acids is 1. The predicted molar refractivity (Wildman–Crippen MR) is 84.9 cm³/mol. The van der Waals surface area contributed by atoms with Crippen LogP contribution < -0.4 is 10.6 Å². The number of amides is 1. The number of nitrogens with one attached hydrogen (secondary N) is 3. The summed E-state index contributed by atoms with van der Waals surface area (Å²) >= 11 is 0. The van der Waals surface area contributed by atoms with Gasteiger partial charge in [-0.2, -0.15) is 5.10 Å². The minimum absolute atomic E-state index is 0.000863. The first-order valence-electron chi connectivity index (χ1n) is 8.38. The molecule has 1 atom stereocenters. The third-order valence-corrected chi connectivity index (χ3v) is 4.60. The molecule has 1 saturated carbocycles. The molecule has 7 heteroatoms. The molecule has 0 saturated heterocycles. The molecule has 2 aromatic heterocycles. The van der Waals surface area contributed by atoms with Crippen molar-refractivity contribution in [1.82, 2.24) is 30.4 Å². The van der Waals surface area contributed by atoms with Crippen molar-refractivity contribution in [2.45, 2.75) is 44.2 Å². The number of aromatic nitrogens is 4. The van der Waals surface area contributed by atoms with Crippen molar-refractivity contribution in [3.8, 4) is 0 Å². The normalized spacial score (nSPS) is 20.3. The molecule has 1 fully saturated rings. The number of imidazole rings is 1. The zero-order valence-corrected chi connectivity index (χ0v) is 13.1. The lowest BCUT2D eigenvalue weighted by molar-refractivity contribution is -0.123. The van der Waals surface area contributed by atoms with Gasteiger partial charge in [-0.3, -0.25) is 9.48 Å².